The second-order valence-electron chi connectivity index (χ2n) is 9.88. The number of benzene rings is 1. The first-order valence-electron chi connectivity index (χ1n) is 11.6. The number of ether oxygens (including phenoxy) is 1. The Bertz CT molecular complexity index is 1060. The Morgan fingerprint density at radius 1 is 1.14 bits per heavy atom. The Labute approximate surface area is 216 Å². The average molecular weight is 548 g/mol. The van der Waals surface area contributed by atoms with E-state index in [0.29, 0.717) is 5.69 Å². The topological polar surface area (TPSA) is 120 Å². The van der Waals surface area contributed by atoms with Crippen LogP contribution >= 0.6 is 11.6 Å². The predicted molar refractivity (Wildman–Crippen MR) is 129 cm³/mol. The zero-order valence-electron chi connectivity index (χ0n) is 20.6. The number of anilines is 2. The molecule has 0 saturated carbocycles. The van der Waals surface area contributed by atoms with Crippen LogP contribution in [0.3, 0.4) is 0 Å². The maximum Gasteiger partial charge on any atom is 0.410 e. The summed E-state index contributed by atoms with van der Waals surface area (Å²) in [7, 11) is 0. The van der Waals surface area contributed by atoms with E-state index < -0.39 is 54.9 Å². The molecule has 0 aliphatic carbocycles. The summed E-state index contributed by atoms with van der Waals surface area (Å²) in [4.78, 5) is 50.2. The molecule has 0 radical (unpaired) electrons. The van der Waals surface area contributed by atoms with Crippen molar-refractivity contribution in [3.63, 3.8) is 0 Å². The van der Waals surface area contributed by atoms with Gasteiger partial charge in [0.2, 0.25) is 17.7 Å². The van der Waals surface area contributed by atoms with Crippen molar-refractivity contribution < 1.29 is 37.1 Å². The van der Waals surface area contributed by atoms with Gasteiger partial charge < -0.3 is 20.3 Å². The molecule has 37 heavy (non-hydrogen) atoms. The number of amides is 4. The van der Waals surface area contributed by atoms with E-state index in [9.17, 15) is 32.3 Å². The lowest BCUT2D eigenvalue weighted by Crippen LogP contribution is -2.61. The minimum atomic E-state index is -4.68. The van der Waals surface area contributed by atoms with E-state index in [-0.39, 0.29) is 42.5 Å². The summed E-state index contributed by atoms with van der Waals surface area (Å²) in [6, 6.07) is 1.67. The Hall–Kier alpha value is -3.06. The molecule has 14 heteroatoms. The van der Waals surface area contributed by atoms with Gasteiger partial charge in [0.05, 0.1) is 6.54 Å². The number of rotatable bonds is 5. The molecule has 2 saturated heterocycles. The van der Waals surface area contributed by atoms with Gasteiger partial charge in [-0.2, -0.15) is 13.2 Å². The highest BCUT2D eigenvalue weighted by atomic mass is 35.5. The van der Waals surface area contributed by atoms with Crippen molar-refractivity contribution in [3.05, 3.63) is 23.2 Å². The molecule has 0 aromatic heterocycles. The number of hydrogen-bond donors (Lipinski definition) is 3. The van der Waals surface area contributed by atoms with Gasteiger partial charge >= 0.3 is 12.3 Å². The Morgan fingerprint density at radius 2 is 1.81 bits per heavy atom. The SMILES string of the molecule is CC(C)(C)OC(=O)N1CCN(CC(=O)Nc2cc(Cl)cc(NC3CCC(=O)NC3=O)c2)[C@@H](C(F)(F)F)C1. The number of nitrogens with zero attached hydrogens (tertiary/aromatic N) is 2. The third kappa shape index (κ3) is 8.22. The van der Waals surface area contributed by atoms with Crippen LogP contribution in [-0.4, -0.2) is 83.7 Å². The Morgan fingerprint density at radius 3 is 2.43 bits per heavy atom. The first-order chi connectivity index (χ1) is 17.1. The number of piperidine rings is 1. The van der Waals surface area contributed by atoms with Crippen molar-refractivity contribution in [2.24, 2.45) is 0 Å². The van der Waals surface area contributed by atoms with Crippen LogP contribution in [0.4, 0.5) is 29.3 Å². The lowest BCUT2D eigenvalue weighted by molar-refractivity contribution is -0.195. The van der Waals surface area contributed by atoms with Crippen molar-refractivity contribution in [2.45, 2.75) is 57.5 Å². The van der Waals surface area contributed by atoms with Gasteiger partial charge in [0.15, 0.2) is 0 Å². The quantitative estimate of drug-likeness (QED) is 0.485. The molecule has 2 aliphatic heterocycles. The van der Waals surface area contributed by atoms with Gasteiger partial charge in [-0.1, -0.05) is 11.6 Å². The van der Waals surface area contributed by atoms with E-state index >= 15 is 0 Å². The summed E-state index contributed by atoms with van der Waals surface area (Å²) in [5, 5.41) is 7.90. The molecule has 204 valence electrons. The number of nitrogens with one attached hydrogen (secondary N) is 3. The first-order valence-corrected chi connectivity index (χ1v) is 12.0. The molecule has 3 rings (SSSR count). The first kappa shape index (κ1) is 28.5. The largest absolute Gasteiger partial charge is 0.444 e. The lowest BCUT2D eigenvalue weighted by Gasteiger charge is -2.41. The Kier molecular flexibility index (Phi) is 8.58. The van der Waals surface area contributed by atoms with Gasteiger partial charge in [0.25, 0.3) is 0 Å². The van der Waals surface area contributed by atoms with Gasteiger partial charge in [-0.05, 0) is 45.4 Å². The monoisotopic (exact) mass is 547 g/mol. The highest BCUT2D eigenvalue weighted by Gasteiger charge is 2.48. The van der Waals surface area contributed by atoms with E-state index in [0.717, 1.165) is 9.80 Å². The summed E-state index contributed by atoms with van der Waals surface area (Å²) in [5.41, 5.74) is -0.260. The highest BCUT2D eigenvalue weighted by molar-refractivity contribution is 6.31. The second-order valence-corrected chi connectivity index (χ2v) is 10.3. The fourth-order valence-corrected chi connectivity index (χ4v) is 4.21. The molecule has 2 atom stereocenters. The third-order valence-electron chi connectivity index (χ3n) is 5.63. The zero-order chi connectivity index (χ0) is 27.5. The molecule has 0 spiro atoms. The molecule has 1 unspecified atom stereocenters. The summed E-state index contributed by atoms with van der Waals surface area (Å²) < 4.78 is 46.6. The molecular weight excluding hydrogens is 519 g/mol. The van der Waals surface area contributed by atoms with Gasteiger partial charge in [-0.15, -0.1) is 0 Å². The van der Waals surface area contributed by atoms with Crippen LogP contribution in [0.25, 0.3) is 0 Å². The van der Waals surface area contributed by atoms with E-state index in [1.807, 2.05) is 0 Å². The standard InChI is InChI=1S/C23H29ClF3N5O5/c1-22(2,3)37-21(36)32-7-6-31(17(11-32)23(25,26)27)12-19(34)29-15-9-13(24)8-14(10-15)28-16-4-5-18(33)30-20(16)35/h8-10,16-17,28H,4-7,11-12H2,1-3H3,(H,29,34)(H,30,33,35)/t16?,17-/m1/s1. The van der Waals surface area contributed by atoms with Crippen molar-refractivity contribution >= 4 is 46.8 Å². The van der Waals surface area contributed by atoms with Crippen LogP contribution in [0, 0.1) is 0 Å². The molecule has 10 nitrogen and oxygen atoms in total. The minimum Gasteiger partial charge on any atom is -0.444 e. The molecule has 0 bridgehead atoms. The number of alkyl halides is 3. The summed E-state index contributed by atoms with van der Waals surface area (Å²) in [6.07, 6.45) is -5.10. The van der Waals surface area contributed by atoms with Crippen LogP contribution in [-0.2, 0) is 19.1 Å². The average Bonchev–Trinajstić information content (AvgIpc) is 2.73. The van der Waals surface area contributed by atoms with Crippen molar-refractivity contribution in [1.82, 2.24) is 15.1 Å². The predicted octanol–water partition coefficient (Wildman–Crippen LogP) is 2.98. The van der Waals surface area contributed by atoms with Crippen LogP contribution in [0.15, 0.2) is 18.2 Å². The minimum absolute atomic E-state index is 0.0358. The van der Waals surface area contributed by atoms with E-state index in [2.05, 4.69) is 16.0 Å². The molecule has 2 aliphatic rings. The van der Waals surface area contributed by atoms with Gasteiger partial charge in [0.1, 0.15) is 17.7 Å². The molecule has 2 heterocycles. The molecule has 4 amide bonds. The van der Waals surface area contributed by atoms with Gasteiger partial charge in [-0.3, -0.25) is 24.6 Å². The van der Waals surface area contributed by atoms with Crippen LogP contribution < -0.4 is 16.0 Å². The van der Waals surface area contributed by atoms with E-state index in [4.69, 9.17) is 16.3 Å². The number of halogens is 4. The fourth-order valence-electron chi connectivity index (χ4n) is 3.98. The number of hydrogen-bond acceptors (Lipinski definition) is 7. The number of carbonyl (C=O) groups is 4. The van der Waals surface area contributed by atoms with Gasteiger partial charge in [-0.25, -0.2) is 4.79 Å². The fraction of sp³-hybridized carbons (Fsp3) is 0.565. The lowest BCUT2D eigenvalue weighted by atomic mass is 10.1. The third-order valence-corrected chi connectivity index (χ3v) is 5.85. The molecule has 1 aromatic carbocycles. The number of carbonyl (C=O) groups excluding carboxylic acids is 4. The number of piperazine rings is 1. The van der Waals surface area contributed by atoms with Crippen LogP contribution in [0.2, 0.25) is 5.02 Å². The summed E-state index contributed by atoms with van der Waals surface area (Å²) >= 11 is 6.12. The normalized spacial score (nSPS) is 21.3. The summed E-state index contributed by atoms with van der Waals surface area (Å²) in [5.74, 6) is -1.58. The molecule has 1 aromatic rings. The molecule has 3 N–H and O–H groups in total. The van der Waals surface area contributed by atoms with E-state index in [1.54, 1.807) is 20.8 Å². The van der Waals surface area contributed by atoms with E-state index in [1.165, 1.54) is 18.2 Å². The second kappa shape index (κ2) is 11.1. The molecular formula is C23H29ClF3N5O5. The van der Waals surface area contributed by atoms with Crippen molar-refractivity contribution in [3.8, 4) is 0 Å². The van der Waals surface area contributed by atoms with Gasteiger partial charge in [0, 0.05) is 42.5 Å². The number of imide groups is 1. The Balaban J connectivity index is 1.64. The smallest absolute Gasteiger partial charge is 0.410 e. The summed E-state index contributed by atoms with van der Waals surface area (Å²) in [6.45, 7) is 3.40. The van der Waals surface area contributed by atoms with Crippen molar-refractivity contribution in [2.75, 3.05) is 36.8 Å². The van der Waals surface area contributed by atoms with Crippen LogP contribution in [0.5, 0.6) is 0 Å². The maximum absolute atomic E-state index is 13.8. The zero-order valence-corrected chi connectivity index (χ0v) is 21.3. The molecule has 2 fully saturated rings. The highest BCUT2D eigenvalue weighted by Crippen LogP contribution is 2.29. The maximum atomic E-state index is 13.8. The van der Waals surface area contributed by atoms with Crippen LogP contribution in [0.1, 0.15) is 33.6 Å². The van der Waals surface area contributed by atoms with Crippen molar-refractivity contribution in [1.29, 1.82) is 0 Å².